The smallest absolute Gasteiger partial charge is 0.294 e. The van der Waals surface area contributed by atoms with Crippen molar-refractivity contribution in [2.45, 2.75) is 25.7 Å². The van der Waals surface area contributed by atoms with E-state index in [0.717, 1.165) is 56.0 Å². The Morgan fingerprint density at radius 3 is 2.28 bits per heavy atom. The van der Waals surface area contributed by atoms with Gasteiger partial charge in [-0.1, -0.05) is 6.07 Å². The molecule has 1 saturated heterocycles. The van der Waals surface area contributed by atoms with E-state index in [4.69, 9.17) is 18.9 Å². The number of piperidine rings is 1. The largest absolute Gasteiger partial charge is 0.493 e. The number of ether oxygens (including phenoxy) is 4. The van der Waals surface area contributed by atoms with Crippen LogP contribution in [0.15, 0.2) is 30.3 Å². The minimum atomic E-state index is -0.468. The number of likely N-dealkylation sites (tertiary alicyclic amines) is 1. The summed E-state index contributed by atoms with van der Waals surface area (Å²) < 4.78 is 21.5. The molecule has 0 saturated carbocycles. The number of carbonyl (C=O) groups excluding carboxylic acids is 2. The first-order valence-corrected chi connectivity index (χ1v) is 12.5. The lowest BCUT2D eigenvalue weighted by Crippen LogP contribution is -2.45. The Hall–Kier alpha value is -3.26. The molecule has 0 bridgehead atoms. The number of amides is 1. The van der Waals surface area contributed by atoms with Gasteiger partial charge in [-0.2, -0.15) is 0 Å². The van der Waals surface area contributed by atoms with Gasteiger partial charge in [0.1, 0.15) is 0 Å². The van der Waals surface area contributed by atoms with Crippen LogP contribution in [-0.2, 0) is 17.6 Å². The van der Waals surface area contributed by atoms with Crippen LogP contribution in [0.25, 0.3) is 0 Å². The van der Waals surface area contributed by atoms with Gasteiger partial charge in [-0.3, -0.25) is 9.59 Å². The summed E-state index contributed by atoms with van der Waals surface area (Å²) in [5, 5.41) is 0. The molecule has 0 radical (unpaired) electrons. The quantitative estimate of drug-likeness (QED) is 0.493. The number of fused-ring (bicyclic) bond motifs is 1. The van der Waals surface area contributed by atoms with Gasteiger partial charge < -0.3 is 28.7 Å². The number of hydrogen-bond donors (Lipinski definition) is 0. The van der Waals surface area contributed by atoms with Crippen molar-refractivity contribution in [3.63, 3.8) is 0 Å². The molecule has 36 heavy (non-hydrogen) atoms. The normalized spacial score (nSPS) is 18.4. The molecule has 1 fully saturated rings. The number of methoxy groups -OCH3 is 4. The maximum Gasteiger partial charge on any atom is 0.294 e. The van der Waals surface area contributed by atoms with E-state index in [2.05, 4.69) is 11.0 Å². The third-order valence-electron chi connectivity index (χ3n) is 7.23. The Balaban J connectivity index is 1.37. The first-order chi connectivity index (χ1) is 17.5. The van der Waals surface area contributed by atoms with Crippen molar-refractivity contribution in [3.8, 4) is 23.0 Å². The second kappa shape index (κ2) is 11.6. The first-order valence-electron chi connectivity index (χ1n) is 12.5. The van der Waals surface area contributed by atoms with Crippen LogP contribution in [0.5, 0.6) is 23.0 Å². The Morgan fingerprint density at radius 2 is 1.56 bits per heavy atom. The van der Waals surface area contributed by atoms with E-state index in [1.54, 1.807) is 32.3 Å². The number of hydrogen-bond acceptors (Lipinski definition) is 7. The van der Waals surface area contributed by atoms with Crippen LogP contribution in [0.1, 0.15) is 34.3 Å². The Bertz CT molecular complexity index is 1100. The highest BCUT2D eigenvalue weighted by Crippen LogP contribution is 2.33. The molecule has 2 aliphatic rings. The summed E-state index contributed by atoms with van der Waals surface area (Å²) in [5.41, 5.74) is 2.45. The zero-order valence-corrected chi connectivity index (χ0v) is 21.7. The summed E-state index contributed by atoms with van der Waals surface area (Å²) in [4.78, 5) is 30.4. The maximum absolute atomic E-state index is 13.1. The van der Waals surface area contributed by atoms with Crippen molar-refractivity contribution >= 4 is 11.7 Å². The van der Waals surface area contributed by atoms with E-state index >= 15 is 0 Å². The third-order valence-corrected chi connectivity index (χ3v) is 7.23. The predicted octanol–water partition coefficient (Wildman–Crippen LogP) is 3.24. The molecule has 0 aromatic heterocycles. The van der Waals surface area contributed by atoms with Crippen molar-refractivity contribution in [1.29, 1.82) is 0 Å². The predicted molar refractivity (Wildman–Crippen MR) is 137 cm³/mol. The lowest BCUT2D eigenvalue weighted by atomic mass is 9.96. The first kappa shape index (κ1) is 25.8. The van der Waals surface area contributed by atoms with Gasteiger partial charge in [0.2, 0.25) is 0 Å². The van der Waals surface area contributed by atoms with E-state index in [0.29, 0.717) is 42.5 Å². The van der Waals surface area contributed by atoms with Gasteiger partial charge in [-0.05, 0) is 73.5 Å². The van der Waals surface area contributed by atoms with Gasteiger partial charge in [0.15, 0.2) is 23.0 Å². The maximum atomic E-state index is 13.1. The van der Waals surface area contributed by atoms with Crippen LogP contribution >= 0.6 is 0 Å². The minimum absolute atomic E-state index is 0.339. The van der Waals surface area contributed by atoms with Crippen LogP contribution in [-0.4, -0.2) is 82.7 Å². The molecule has 2 aromatic carbocycles. The van der Waals surface area contributed by atoms with E-state index < -0.39 is 11.7 Å². The van der Waals surface area contributed by atoms with Crippen LogP contribution < -0.4 is 18.9 Å². The summed E-state index contributed by atoms with van der Waals surface area (Å²) in [7, 11) is 6.39. The van der Waals surface area contributed by atoms with E-state index in [9.17, 15) is 9.59 Å². The summed E-state index contributed by atoms with van der Waals surface area (Å²) in [6.07, 6.45) is 3.66. The molecule has 0 spiro atoms. The molecule has 1 atom stereocenters. The minimum Gasteiger partial charge on any atom is -0.493 e. The SMILES string of the molecule is COc1ccc(CCN2CCCC(CN3CCc4cc(OC)c(OC)cc4C(=O)C3=O)C2)cc1OC. The van der Waals surface area contributed by atoms with Gasteiger partial charge in [-0.15, -0.1) is 0 Å². The van der Waals surface area contributed by atoms with Crippen LogP contribution in [0.4, 0.5) is 0 Å². The number of Topliss-reactive ketones (excluding diaryl/α,β-unsaturated/α-hetero) is 1. The number of benzene rings is 2. The summed E-state index contributed by atoms with van der Waals surface area (Å²) in [6, 6.07) is 9.50. The summed E-state index contributed by atoms with van der Waals surface area (Å²) in [5.74, 6) is 1.95. The Morgan fingerprint density at radius 1 is 0.861 bits per heavy atom. The average Bonchev–Trinajstić information content (AvgIpc) is 3.02. The molecule has 0 N–H and O–H groups in total. The number of rotatable bonds is 9. The van der Waals surface area contributed by atoms with Gasteiger partial charge in [-0.25, -0.2) is 0 Å². The molecular weight excluding hydrogens is 460 g/mol. The van der Waals surface area contributed by atoms with Gasteiger partial charge in [0.25, 0.3) is 11.7 Å². The highest BCUT2D eigenvalue weighted by molar-refractivity contribution is 6.43. The van der Waals surface area contributed by atoms with Crippen molar-refractivity contribution in [2.75, 3.05) is 61.2 Å². The van der Waals surface area contributed by atoms with Crippen LogP contribution in [0, 0.1) is 5.92 Å². The second-order valence-corrected chi connectivity index (χ2v) is 9.44. The van der Waals surface area contributed by atoms with Crippen molar-refractivity contribution < 1.29 is 28.5 Å². The molecule has 1 amide bonds. The zero-order chi connectivity index (χ0) is 25.7. The highest BCUT2D eigenvalue weighted by Gasteiger charge is 2.32. The summed E-state index contributed by atoms with van der Waals surface area (Å²) in [6.45, 7) is 4.01. The lowest BCUT2D eigenvalue weighted by molar-refractivity contribution is -0.127. The van der Waals surface area contributed by atoms with Crippen molar-refractivity contribution in [3.05, 3.63) is 47.0 Å². The van der Waals surface area contributed by atoms with Gasteiger partial charge in [0.05, 0.1) is 28.4 Å². The number of ketones is 1. The van der Waals surface area contributed by atoms with Crippen molar-refractivity contribution in [2.24, 2.45) is 5.92 Å². The molecule has 8 heteroatoms. The Kier molecular flexibility index (Phi) is 8.36. The third kappa shape index (κ3) is 5.59. The monoisotopic (exact) mass is 496 g/mol. The fourth-order valence-electron chi connectivity index (χ4n) is 5.27. The molecule has 0 aliphatic carbocycles. The number of nitrogens with zero attached hydrogens (tertiary/aromatic N) is 2. The van der Waals surface area contributed by atoms with Gasteiger partial charge in [0, 0.05) is 31.7 Å². The standard InChI is InChI=1S/C28H36N2O6/c1-33-23-8-7-19(14-24(23)34-2)9-12-29-11-5-6-20(17-29)18-30-13-10-21-15-25(35-3)26(36-4)16-22(21)27(31)28(30)32/h7-8,14-16,20H,5-6,9-13,17-18H2,1-4H3. The Labute approximate surface area is 213 Å². The highest BCUT2D eigenvalue weighted by atomic mass is 16.5. The fraction of sp³-hybridized carbons (Fsp3) is 0.500. The van der Waals surface area contributed by atoms with Crippen LogP contribution in [0.2, 0.25) is 0 Å². The molecule has 194 valence electrons. The van der Waals surface area contributed by atoms with E-state index in [1.807, 2.05) is 18.2 Å². The van der Waals surface area contributed by atoms with Crippen LogP contribution in [0.3, 0.4) is 0 Å². The number of carbonyl (C=O) groups is 2. The van der Waals surface area contributed by atoms with Crippen molar-refractivity contribution in [1.82, 2.24) is 9.80 Å². The molecule has 8 nitrogen and oxygen atoms in total. The summed E-state index contributed by atoms with van der Waals surface area (Å²) >= 11 is 0. The van der Waals surface area contributed by atoms with E-state index in [1.165, 1.54) is 12.7 Å². The molecule has 4 rings (SSSR count). The lowest BCUT2D eigenvalue weighted by Gasteiger charge is -2.35. The van der Waals surface area contributed by atoms with E-state index in [-0.39, 0.29) is 0 Å². The fourth-order valence-corrected chi connectivity index (χ4v) is 5.27. The molecule has 2 heterocycles. The topological polar surface area (TPSA) is 77.5 Å². The average molecular weight is 497 g/mol. The molecule has 2 aromatic rings. The zero-order valence-electron chi connectivity index (χ0n) is 21.7. The molecule has 2 aliphatic heterocycles. The molecular formula is C28H36N2O6. The second-order valence-electron chi connectivity index (χ2n) is 9.44. The molecule has 1 unspecified atom stereocenters. The van der Waals surface area contributed by atoms with Gasteiger partial charge >= 0.3 is 0 Å².